The summed E-state index contributed by atoms with van der Waals surface area (Å²) in [6, 6.07) is 5.74. The van der Waals surface area contributed by atoms with E-state index in [0.717, 1.165) is 36.2 Å². The average molecular weight is 326 g/mol. The second-order valence-corrected chi connectivity index (χ2v) is 8.64. The molecule has 1 aromatic heterocycles. The van der Waals surface area contributed by atoms with Gasteiger partial charge in [-0.1, -0.05) is 13.8 Å². The summed E-state index contributed by atoms with van der Waals surface area (Å²) in [5.41, 5.74) is 3.18. The molecule has 0 bridgehead atoms. The maximum Gasteiger partial charge on any atom is 0.253 e. The van der Waals surface area contributed by atoms with Gasteiger partial charge in [0.05, 0.1) is 17.4 Å². The highest BCUT2D eigenvalue weighted by molar-refractivity contribution is 5.97. The van der Waals surface area contributed by atoms with Gasteiger partial charge in [-0.2, -0.15) is 0 Å². The van der Waals surface area contributed by atoms with Crippen LogP contribution in [0.2, 0.25) is 0 Å². The molecule has 2 atom stereocenters. The number of carbonyl (C=O) groups is 1. The number of rotatable bonds is 3. The van der Waals surface area contributed by atoms with Crippen molar-refractivity contribution >= 4 is 16.9 Å². The van der Waals surface area contributed by atoms with Gasteiger partial charge in [0.15, 0.2) is 0 Å². The monoisotopic (exact) mass is 326 g/mol. The van der Waals surface area contributed by atoms with Crippen LogP contribution in [-0.4, -0.2) is 59.4 Å². The van der Waals surface area contributed by atoms with Gasteiger partial charge in [-0.15, -0.1) is 0 Å². The second kappa shape index (κ2) is 5.06. The molecule has 5 heteroatoms. The van der Waals surface area contributed by atoms with Gasteiger partial charge in [0.2, 0.25) is 0 Å². The molecule has 2 fully saturated rings. The van der Waals surface area contributed by atoms with Crippen LogP contribution in [0.3, 0.4) is 0 Å². The maximum absolute atomic E-state index is 13.0. The van der Waals surface area contributed by atoms with Crippen LogP contribution in [0.15, 0.2) is 24.5 Å². The summed E-state index contributed by atoms with van der Waals surface area (Å²) < 4.78 is 0. The third kappa shape index (κ3) is 2.25. The van der Waals surface area contributed by atoms with E-state index in [1.165, 1.54) is 6.42 Å². The van der Waals surface area contributed by atoms with E-state index in [4.69, 9.17) is 0 Å². The Kier molecular flexibility index (Phi) is 3.29. The molecule has 0 spiro atoms. The molecule has 1 amide bonds. The number of nitrogens with zero attached hydrogens (tertiary/aromatic N) is 3. The Labute approximate surface area is 143 Å². The van der Waals surface area contributed by atoms with Crippen molar-refractivity contribution in [2.24, 2.45) is 16.7 Å². The molecule has 2 heterocycles. The number of H-pyrrole nitrogens is 1. The Hall–Kier alpha value is -1.88. The van der Waals surface area contributed by atoms with Gasteiger partial charge in [-0.25, -0.2) is 4.98 Å². The number of aromatic nitrogens is 2. The van der Waals surface area contributed by atoms with Crippen molar-refractivity contribution in [1.82, 2.24) is 19.8 Å². The molecule has 1 saturated carbocycles. The highest BCUT2D eigenvalue weighted by atomic mass is 16.2. The average Bonchev–Trinajstić information content (AvgIpc) is 3.07. The summed E-state index contributed by atoms with van der Waals surface area (Å²) in [5.74, 6) is 0.738. The number of imidazole rings is 1. The molecule has 1 aliphatic heterocycles. The largest absolute Gasteiger partial charge is 0.345 e. The predicted molar refractivity (Wildman–Crippen MR) is 94.9 cm³/mol. The Morgan fingerprint density at radius 2 is 2.21 bits per heavy atom. The molecule has 4 rings (SSSR count). The lowest BCUT2D eigenvalue weighted by Crippen LogP contribution is -2.57. The van der Waals surface area contributed by atoms with Crippen LogP contribution in [0.1, 0.15) is 30.6 Å². The van der Waals surface area contributed by atoms with Crippen LogP contribution in [0.5, 0.6) is 0 Å². The number of aromatic amines is 1. The van der Waals surface area contributed by atoms with E-state index in [1.807, 2.05) is 18.2 Å². The summed E-state index contributed by atoms with van der Waals surface area (Å²) in [4.78, 5) is 24.7. The first-order valence-corrected chi connectivity index (χ1v) is 8.68. The molecular formula is C19H26N4O. The van der Waals surface area contributed by atoms with Crippen molar-refractivity contribution in [3.8, 4) is 0 Å². The number of amides is 1. The van der Waals surface area contributed by atoms with Gasteiger partial charge in [0.1, 0.15) is 0 Å². The van der Waals surface area contributed by atoms with E-state index in [1.54, 1.807) is 6.33 Å². The maximum atomic E-state index is 13.0. The van der Waals surface area contributed by atoms with E-state index in [9.17, 15) is 4.79 Å². The van der Waals surface area contributed by atoms with E-state index >= 15 is 0 Å². The van der Waals surface area contributed by atoms with Crippen molar-refractivity contribution in [1.29, 1.82) is 0 Å². The molecule has 128 valence electrons. The van der Waals surface area contributed by atoms with Gasteiger partial charge in [0.25, 0.3) is 5.91 Å². The molecule has 24 heavy (non-hydrogen) atoms. The minimum absolute atomic E-state index is 0.148. The van der Waals surface area contributed by atoms with E-state index in [-0.39, 0.29) is 11.3 Å². The first-order chi connectivity index (χ1) is 11.3. The standard InChI is InChI=1S/C19H26N4O/c1-18(2)9-19(10-22(3)4)11-23(8-16(18)19)17(24)13-5-6-14-15(7-13)21-12-20-14/h5-7,12,16H,8-11H2,1-4H3,(H,20,21)/t16-,19+/m1/s1. The number of hydrogen-bond donors (Lipinski definition) is 1. The second-order valence-electron chi connectivity index (χ2n) is 8.64. The third-order valence-electron chi connectivity index (χ3n) is 5.98. The number of likely N-dealkylation sites (tertiary alicyclic amines) is 1. The van der Waals surface area contributed by atoms with Gasteiger partial charge in [-0.3, -0.25) is 4.79 Å². The Balaban J connectivity index is 1.59. The fourth-order valence-electron chi connectivity index (χ4n) is 5.38. The fourth-order valence-corrected chi connectivity index (χ4v) is 5.38. The molecule has 0 unspecified atom stereocenters. The number of benzene rings is 1. The predicted octanol–water partition coefficient (Wildman–Crippen LogP) is 2.61. The van der Waals surface area contributed by atoms with E-state index in [2.05, 4.69) is 47.7 Å². The first kappa shape index (κ1) is 15.6. The molecular weight excluding hydrogens is 300 g/mol. The van der Waals surface area contributed by atoms with Crippen LogP contribution in [0, 0.1) is 16.7 Å². The highest BCUT2D eigenvalue weighted by Crippen LogP contribution is 2.62. The van der Waals surface area contributed by atoms with Gasteiger partial charge < -0.3 is 14.8 Å². The molecule has 0 radical (unpaired) electrons. The summed E-state index contributed by atoms with van der Waals surface area (Å²) in [7, 11) is 4.27. The Morgan fingerprint density at radius 1 is 1.42 bits per heavy atom. The smallest absolute Gasteiger partial charge is 0.253 e. The van der Waals surface area contributed by atoms with Crippen LogP contribution < -0.4 is 0 Å². The highest BCUT2D eigenvalue weighted by Gasteiger charge is 2.63. The fraction of sp³-hybridized carbons (Fsp3) is 0.579. The van der Waals surface area contributed by atoms with Gasteiger partial charge >= 0.3 is 0 Å². The summed E-state index contributed by atoms with van der Waals surface area (Å²) in [6.45, 7) is 7.50. The van der Waals surface area contributed by atoms with Crippen LogP contribution in [0.4, 0.5) is 0 Å². The first-order valence-electron chi connectivity index (χ1n) is 8.68. The van der Waals surface area contributed by atoms with E-state index in [0.29, 0.717) is 11.3 Å². The van der Waals surface area contributed by atoms with Crippen LogP contribution in [-0.2, 0) is 0 Å². The summed E-state index contributed by atoms with van der Waals surface area (Å²) in [5, 5.41) is 0. The lowest BCUT2D eigenvalue weighted by atomic mass is 9.48. The van der Waals surface area contributed by atoms with Crippen molar-refractivity contribution in [2.45, 2.75) is 20.3 Å². The van der Waals surface area contributed by atoms with Gasteiger partial charge in [0, 0.05) is 30.6 Å². The van der Waals surface area contributed by atoms with Crippen LogP contribution in [0.25, 0.3) is 11.0 Å². The molecule has 2 aromatic rings. The third-order valence-corrected chi connectivity index (χ3v) is 5.98. The molecule has 1 saturated heterocycles. The number of carbonyl (C=O) groups excluding carboxylic acids is 1. The van der Waals surface area contributed by atoms with Gasteiger partial charge in [-0.05, 0) is 50.0 Å². The topological polar surface area (TPSA) is 52.2 Å². The summed E-state index contributed by atoms with van der Waals surface area (Å²) >= 11 is 0. The number of nitrogens with one attached hydrogen (secondary N) is 1. The zero-order valence-corrected chi connectivity index (χ0v) is 15.0. The van der Waals surface area contributed by atoms with Crippen molar-refractivity contribution in [2.75, 3.05) is 33.7 Å². The Bertz CT molecular complexity index is 790. The van der Waals surface area contributed by atoms with Crippen LogP contribution >= 0.6 is 0 Å². The molecule has 5 nitrogen and oxygen atoms in total. The number of fused-ring (bicyclic) bond motifs is 2. The molecule has 2 aliphatic rings. The summed E-state index contributed by atoms with van der Waals surface area (Å²) in [6.07, 6.45) is 2.87. The zero-order valence-electron chi connectivity index (χ0n) is 15.0. The molecule has 1 aliphatic carbocycles. The lowest BCUT2D eigenvalue weighted by Gasteiger charge is -2.57. The van der Waals surface area contributed by atoms with E-state index < -0.39 is 0 Å². The minimum atomic E-state index is 0.148. The van der Waals surface area contributed by atoms with Crippen molar-refractivity contribution < 1.29 is 4.79 Å². The van der Waals surface area contributed by atoms with Crippen molar-refractivity contribution in [3.05, 3.63) is 30.1 Å². The quantitative estimate of drug-likeness (QED) is 0.943. The zero-order chi connectivity index (χ0) is 17.1. The minimum Gasteiger partial charge on any atom is -0.345 e. The Morgan fingerprint density at radius 3 is 2.92 bits per heavy atom. The molecule has 1 N–H and O–H groups in total. The number of hydrogen-bond acceptors (Lipinski definition) is 3. The normalized spacial score (nSPS) is 28.2. The molecule has 1 aromatic carbocycles. The SMILES string of the molecule is CN(C)C[C@@]12CN(C(=O)c3ccc4nc[nH]c4c3)C[C@@H]1C(C)(C)C2. The lowest BCUT2D eigenvalue weighted by molar-refractivity contribution is -0.0789. The van der Waals surface area contributed by atoms with Crippen molar-refractivity contribution in [3.63, 3.8) is 0 Å².